The third-order valence-corrected chi connectivity index (χ3v) is 2.89. The molecule has 0 amide bonds. The van der Waals surface area contributed by atoms with Crippen LogP contribution in [-0.4, -0.2) is 23.5 Å². The van der Waals surface area contributed by atoms with Crippen LogP contribution in [0.1, 0.15) is 12.0 Å². The van der Waals surface area contributed by atoms with Gasteiger partial charge in [0.25, 0.3) is 0 Å². The highest BCUT2D eigenvalue weighted by Gasteiger charge is 2.10. The maximum atomic E-state index is 11.4. The van der Waals surface area contributed by atoms with Crippen molar-refractivity contribution >= 4 is 35.1 Å². The van der Waals surface area contributed by atoms with E-state index in [-0.39, 0.29) is 18.7 Å². The molecule has 1 aromatic carbocycles. The predicted octanol–water partition coefficient (Wildman–Crippen LogP) is 2.29. The Balaban J connectivity index is 2.70. The summed E-state index contributed by atoms with van der Waals surface area (Å²) in [5.74, 6) is -0.374. The quantitative estimate of drug-likeness (QED) is 0.810. The van der Waals surface area contributed by atoms with E-state index in [1.54, 1.807) is 24.3 Å². The monoisotopic (exact) mass is 273 g/mol. The zero-order chi connectivity index (χ0) is 12.8. The zero-order valence-corrected chi connectivity index (χ0v) is 10.6. The Bertz CT molecular complexity index is 433. The van der Waals surface area contributed by atoms with Crippen molar-refractivity contribution < 1.29 is 9.90 Å². The molecule has 0 saturated carbocycles. The summed E-state index contributed by atoms with van der Waals surface area (Å²) in [6.45, 7) is 0.271. The summed E-state index contributed by atoms with van der Waals surface area (Å²) in [5.41, 5.74) is 5.99. The van der Waals surface area contributed by atoms with Gasteiger partial charge in [0.15, 0.2) is 5.78 Å². The number of aliphatic hydroxyl groups is 1. The number of carbonyl (C=O) groups excluding carboxylic acids is 1. The lowest BCUT2D eigenvalue weighted by Crippen LogP contribution is -2.21. The van der Waals surface area contributed by atoms with Crippen molar-refractivity contribution in [3.63, 3.8) is 0 Å². The minimum absolute atomic E-state index is 0.255. The van der Waals surface area contributed by atoms with E-state index in [9.17, 15) is 9.90 Å². The molecule has 0 spiro atoms. The Morgan fingerprint density at radius 1 is 1.41 bits per heavy atom. The van der Waals surface area contributed by atoms with Gasteiger partial charge in [0.1, 0.15) is 6.10 Å². The molecule has 0 radical (unpaired) electrons. The maximum absolute atomic E-state index is 11.4. The molecule has 0 saturated heterocycles. The number of aliphatic hydroxyl groups excluding tert-OH is 1. The third kappa shape index (κ3) is 4.48. The molecule has 0 aliphatic rings. The third-order valence-electron chi connectivity index (χ3n) is 2.15. The number of benzene rings is 1. The van der Waals surface area contributed by atoms with Crippen LogP contribution in [0, 0.1) is 0 Å². The van der Waals surface area contributed by atoms with Gasteiger partial charge in [-0.15, -0.1) is 0 Å². The fourth-order valence-electron chi connectivity index (χ4n) is 1.21. The average molecular weight is 274 g/mol. The lowest BCUT2D eigenvalue weighted by Gasteiger charge is -2.03. The summed E-state index contributed by atoms with van der Waals surface area (Å²) in [5, 5.41) is 10.2. The van der Waals surface area contributed by atoms with E-state index in [1.807, 2.05) is 0 Å². The molecule has 0 fully saturated rings. The summed E-state index contributed by atoms with van der Waals surface area (Å²) in [7, 11) is 0. The predicted molar refractivity (Wildman–Crippen MR) is 70.2 cm³/mol. The van der Waals surface area contributed by atoms with Crippen molar-refractivity contribution in [1.82, 2.24) is 0 Å². The van der Waals surface area contributed by atoms with Gasteiger partial charge in [-0.05, 0) is 36.7 Å². The summed E-state index contributed by atoms with van der Waals surface area (Å²) in [6, 6.07) is 5.01. The summed E-state index contributed by atoms with van der Waals surface area (Å²) in [6.07, 6.45) is 2.09. The van der Waals surface area contributed by atoms with Crippen molar-refractivity contribution in [2.24, 2.45) is 5.73 Å². The molecular weight excluding hydrogens is 261 g/mol. The first-order valence-corrected chi connectivity index (χ1v) is 5.85. The standard InChI is InChI=1S/C12H13Cl2NO2/c13-9-3-1-8(7-10(9)14)2-4-11(16)12(17)5-6-15/h1-4,7,12,17H,5-6,15H2/b4-2+. The van der Waals surface area contributed by atoms with Crippen LogP contribution in [0.2, 0.25) is 10.0 Å². The molecule has 3 N–H and O–H groups in total. The van der Waals surface area contributed by atoms with Gasteiger partial charge in [0, 0.05) is 0 Å². The molecule has 0 aromatic heterocycles. The van der Waals surface area contributed by atoms with Gasteiger partial charge in [0.2, 0.25) is 0 Å². The topological polar surface area (TPSA) is 63.3 Å². The van der Waals surface area contributed by atoms with Crippen LogP contribution in [0.15, 0.2) is 24.3 Å². The number of halogens is 2. The Morgan fingerprint density at radius 2 is 2.12 bits per heavy atom. The van der Waals surface area contributed by atoms with E-state index in [0.717, 1.165) is 5.56 Å². The number of ketones is 1. The van der Waals surface area contributed by atoms with E-state index in [2.05, 4.69) is 0 Å². The van der Waals surface area contributed by atoms with E-state index in [4.69, 9.17) is 28.9 Å². The van der Waals surface area contributed by atoms with Gasteiger partial charge in [-0.2, -0.15) is 0 Å². The van der Waals surface area contributed by atoms with Crippen LogP contribution in [0.4, 0.5) is 0 Å². The summed E-state index contributed by atoms with van der Waals surface area (Å²) < 4.78 is 0. The SMILES string of the molecule is NCCC(O)C(=O)/C=C/c1ccc(Cl)c(Cl)c1. The van der Waals surface area contributed by atoms with Gasteiger partial charge in [0.05, 0.1) is 10.0 Å². The fourth-order valence-corrected chi connectivity index (χ4v) is 1.51. The fraction of sp³-hybridized carbons (Fsp3) is 0.250. The maximum Gasteiger partial charge on any atom is 0.184 e. The van der Waals surface area contributed by atoms with Crippen molar-refractivity contribution in [3.05, 3.63) is 39.9 Å². The van der Waals surface area contributed by atoms with Crippen LogP contribution < -0.4 is 5.73 Å². The van der Waals surface area contributed by atoms with Crippen molar-refractivity contribution in [2.45, 2.75) is 12.5 Å². The molecule has 1 rings (SSSR count). The highest BCUT2D eigenvalue weighted by Crippen LogP contribution is 2.23. The van der Waals surface area contributed by atoms with Gasteiger partial charge in [-0.1, -0.05) is 35.3 Å². The van der Waals surface area contributed by atoms with Crippen LogP contribution in [0.3, 0.4) is 0 Å². The molecule has 0 bridgehead atoms. The molecule has 5 heteroatoms. The Labute approximate surface area is 110 Å². The normalized spacial score (nSPS) is 12.9. The summed E-state index contributed by atoms with van der Waals surface area (Å²) >= 11 is 11.6. The van der Waals surface area contributed by atoms with Gasteiger partial charge >= 0.3 is 0 Å². The lowest BCUT2D eigenvalue weighted by atomic mass is 10.1. The minimum Gasteiger partial charge on any atom is -0.385 e. The molecule has 0 heterocycles. The first-order chi connectivity index (χ1) is 8.04. The smallest absolute Gasteiger partial charge is 0.184 e. The van der Waals surface area contributed by atoms with E-state index >= 15 is 0 Å². The molecular formula is C12H13Cl2NO2. The number of nitrogens with two attached hydrogens (primary N) is 1. The second-order valence-corrected chi connectivity index (χ2v) is 4.32. The number of carbonyl (C=O) groups is 1. The highest BCUT2D eigenvalue weighted by atomic mass is 35.5. The highest BCUT2D eigenvalue weighted by molar-refractivity contribution is 6.42. The van der Waals surface area contributed by atoms with Crippen LogP contribution in [0.25, 0.3) is 6.08 Å². The van der Waals surface area contributed by atoms with Crippen LogP contribution in [0.5, 0.6) is 0 Å². The van der Waals surface area contributed by atoms with Crippen LogP contribution in [-0.2, 0) is 4.79 Å². The summed E-state index contributed by atoms with van der Waals surface area (Å²) in [4.78, 5) is 11.4. The Kier molecular flexibility index (Phi) is 5.65. The molecule has 92 valence electrons. The molecule has 1 unspecified atom stereocenters. The zero-order valence-electron chi connectivity index (χ0n) is 9.07. The molecule has 3 nitrogen and oxygen atoms in total. The first-order valence-electron chi connectivity index (χ1n) is 5.09. The Morgan fingerprint density at radius 3 is 2.71 bits per heavy atom. The van der Waals surface area contributed by atoms with E-state index < -0.39 is 6.10 Å². The van der Waals surface area contributed by atoms with Crippen molar-refractivity contribution in [2.75, 3.05) is 6.54 Å². The van der Waals surface area contributed by atoms with E-state index in [1.165, 1.54) is 6.08 Å². The lowest BCUT2D eigenvalue weighted by molar-refractivity contribution is -0.122. The van der Waals surface area contributed by atoms with Gasteiger partial charge in [-0.25, -0.2) is 0 Å². The molecule has 0 aliphatic heterocycles. The number of rotatable bonds is 5. The molecule has 0 aliphatic carbocycles. The minimum atomic E-state index is -1.04. The Hall–Kier alpha value is -0.870. The van der Waals surface area contributed by atoms with Crippen molar-refractivity contribution in [1.29, 1.82) is 0 Å². The second kappa shape index (κ2) is 6.77. The van der Waals surface area contributed by atoms with E-state index in [0.29, 0.717) is 10.0 Å². The number of hydrogen-bond donors (Lipinski definition) is 2. The van der Waals surface area contributed by atoms with Gasteiger partial charge < -0.3 is 10.8 Å². The molecule has 1 atom stereocenters. The average Bonchev–Trinajstić information content (AvgIpc) is 2.30. The first kappa shape index (κ1) is 14.2. The number of hydrogen-bond acceptors (Lipinski definition) is 3. The van der Waals surface area contributed by atoms with Crippen LogP contribution >= 0.6 is 23.2 Å². The second-order valence-electron chi connectivity index (χ2n) is 3.50. The largest absolute Gasteiger partial charge is 0.385 e. The van der Waals surface area contributed by atoms with Crippen molar-refractivity contribution in [3.8, 4) is 0 Å². The molecule has 1 aromatic rings. The van der Waals surface area contributed by atoms with Gasteiger partial charge in [-0.3, -0.25) is 4.79 Å². The molecule has 17 heavy (non-hydrogen) atoms.